The number of rotatable bonds is 3. The van der Waals surface area contributed by atoms with E-state index in [0.29, 0.717) is 6.61 Å². The molecule has 0 spiro atoms. The van der Waals surface area contributed by atoms with Gasteiger partial charge in [-0.1, -0.05) is 47.0 Å². The van der Waals surface area contributed by atoms with Crippen molar-refractivity contribution in [1.82, 2.24) is 0 Å². The Balaban J connectivity index is 2.36. The van der Waals surface area contributed by atoms with Gasteiger partial charge < -0.3 is 5.11 Å². The Labute approximate surface area is 99.6 Å². The smallest absolute Gasteiger partial charge is 0.0439 e. The van der Waals surface area contributed by atoms with E-state index < -0.39 is 0 Å². The van der Waals surface area contributed by atoms with Crippen LogP contribution in [0.25, 0.3) is 0 Å². The molecule has 82 valence electrons. The average molecular weight is 269 g/mol. The molecule has 0 unspecified atom stereocenters. The van der Waals surface area contributed by atoms with Crippen LogP contribution < -0.4 is 0 Å². The molecule has 1 aromatic carbocycles. The summed E-state index contributed by atoms with van der Waals surface area (Å²) in [7, 11) is 0. The van der Waals surface area contributed by atoms with Gasteiger partial charge >= 0.3 is 0 Å². The molecule has 0 radical (unpaired) electrons. The van der Waals surface area contributed by atoms with Crippen molar-refractivity contribution in [2.24, 2.45) is 0 Å². The number of aliphatic hydroxyl groups excluding tert-OH is 1. The molecule has 0 bridgehead atoms. The highest BCUT2D eigenvalue weighted by Crippen LogP contribution is 2.45. The topological polar surface area (TPSA) is 20.2 Å². The molecule has 1 N–H and O–H groups in total. The molecule has 1 fully saturated rings. The van der Waals surface area contributed by atoms with Crippen LogP contribution in [-0.2, 0) is 5.41 Å². The van der Waals surface area contributed by atoms with Crippen LogP contribution in [0.3, 0.4) is 0 Å². The van der Waals surface area contributed by atoms with Crippen molar-refractivity contribution in [3.8, 4) is 0 Å². The molecule has 1 aliphatic carbocycles. The summed E-state index contributed by atoms with van der Waals surface area (Å²) in [6.07, 6.45) is 5.92. The maximum Gasteiger partial charge on any atom is 0.0439 e. The maximum atomic E-state index is 9.23. The maximum absolute atomic E-state index is 9.23. The molecule has 1 aromatic rings. The highest BCUT2D eigenvalue weighted by Gasteiger charge is 2.36. The largest absolute Gasteiger partial charge is 0.396 e. The van der Waals surface area contributed by atoms with E-state index in [9.17, 15) is 5.11 Å². The minimum atomic E-state index is 0.231. The molecule has 2 rings (SSSR count). The van der Waals surface area contributed by atoms with Gasteiger partial charge in [0.15, 0.2) is 0 Å². The quantitative estimate of drug-likeness (QED) is 0.888. The van der Waals surface area contributed by atoms with Crippen LogP contribution in [0, 0.1) is 0 Å². The fraction of sp³-hybridized carbons (Fsp3) is 0.538. The van der Waals surface area contributed by atoms with Gasteiger partial charge in [-0.15, -0.1) is 0 Å². The molecular formula is C13H17BrO. The minimum absolute atomic E-state index is 0.231. The molecule has 1 nitrogen and oxygen atoms in total. The van der Waals surface area contributed by atoms with E-state index in [1.165, 1.54) is 35.7 Å². The van der Waals surface area contributed by atoms with Crippen LogP contribution in [-0.4, -0.2) is 11.7 Å². The Morgan fingerprint density at radius 3 is 2.47 bits per heavy atom. The van der Waals surface area contributed by atoms with Crippen molar-refractivity contribution < 1.29 is 5.11 Å². The molecule has 0 aliphatic heterocycles. The van der Waals surface area contributed by atoms with Crippen LogP contribution >= 0.6 is 15.9 Å². The summed E-state index contributed by atoms with van der Waals surface area (Å²) < 4.78 is 1.19. The highest BCUT2D eigenvalue weighted by atomic mass is 79.9. The number of aliphatic hydroxyl groups is 1. The summed E-state index contributed by atoms with van der Waals surface area (Å²) in [6, 6.07) is 8.45. The highest BCUT2D eigenvalue weighted by molar-refractivity contribution is 9.10. The first-order chi connectivity index (χ1) is 7.28. The minimum Gasteiger partial charge on any atom is -0.396 e. The summed E-state index contributed by atoms with van der Waals surface area (Å²) >= 11 is 3.63. The molecule has 0 saturated heterocycles. The van der Waals surface area contributed by atoms with Crippen LogP contribution in [0.15, 0.2) is 28.7 Å². The van der Waals surface area contributed by atoms with Crippen molar-refractivity contribution in [2.75, 3.05) is 6.61 Å². The van der Waals surface area contributed by atoms with Gasteiger partial charge in [-0.2, -0.15) is 0 Å². The lowest BCUT2D eigenvalue weighted by molar-refractivity contribution is 0.237. The number of halogens is 1. The molecule has 15 heavy (non-hydrogen) atoms. The predicted octanol–water partition coefficient (Wildman–Crippen LogP) is 3.64. The lowest BCUT2D eigenvalue weighted by Gasteiger charge is -2.30. The predicted molar refractivity (Wildman–Crippen MR) is 66.0 cm³/mol. The molecule has 1 aliphatic rings. The monoisotopic (exact) mass is 268 g/mol. The van der Waals surface area contributed by atoms with Gasteiger partial charge in [0.25, 0.3) is 0 Å². The fourth-order valence-corrected chi connectivity index (χ4v) is 3.52. The molecule has 1 saturated carbocycles. The van der Waals surface area contributed by atoms with Crippen molar-refractivity contribution in [2.45, 2.75) is 37.5 Å². The summed E-state index contributed by atoms with van der Waals surface area (Å²) in [5.41, 5.74) is 1.62. The van der Waals surface area contributed by atoms with Crippen molar-refractivity contribution in [1.29, 1.82) is 0 Å². The lowest BCUT2D eigenvalue weighted by Crippen LogP contribution is -2.24. The van der Waals surface area contributed by atoms with Gasteiger partial charge in [0.1, 0.15) is 0 Å². The summed E-state index contributed by atoms with van der Waals surface area (Å²) in [4.78, 5) is 0. The van der Waals surface area contributed by atoms with Crippen LogP contribution in [0.1, 0.15) is 37.7 Å². The number of hydrogen-bond acceptors (Lipinski definition) is 1. The van der Waals surface area contributed by atoms with E-state index in [1.807, 2.05) is 0 Å². The van der Waals surface area contributed by atoms with Gasteiger partial charge in [-0.3, -0.25) is 0 Å². The molecule has 2 heteroatoms. The Hall–Kier alpha value is -0.340. The second-order valence-electron chi connectivity index (χ2n) is 4.44. The van der Waals surface area contributed by atoms with Crippen LogP contribution in [0.5, 0.6) is 0 Å². The van der Waals surface area contributed by atoms with Crippen molar-refractivity contribution in [3.05, 3.63) is 34.3 Å². The second kappa shape index (κ2) is 4.67. The average Bonchev–Trinajstić information content (AvgIpc) is 2.69. The van der Waals surface area contributed by atoms with E-state index in [1.54, 1.807) is 0 Å². The lowest BCUT2D eigenvalue weighted by atomic mass is 9.76. The zero-order valence-electron chi connectivity index (χ0n) is 8.88. The van der Waals surface area contributed by atoms with Crippen LogP contribution in [0.2, 0.25) is 0 Å². The normalized spacial score (nSPS) is 19.3. The first-order valence-electron chi connectivity index (χ1n) is 5.64. The standard InChI is InChI=1S/C13H17BrO/c14-12-6-2-1-5-11(12)13(9-10-15)7-3-4-8-13/h1-2,5-6,15H,3-4,7-10H2. The molecule has 0 heterocycles. The van der Waals surface area contributed by atoms with Gasteiger partial charge in [-0.25, -0.2) is 0 Å². The Kier molecular flexibility index (Phi) is 3.47. The third-order valence-electron chi connectivity index (χ3n) is 3.60. The molecule has 0 aromatic heterocycles. The van der Waals surface area contributed by atoms with Gasteiger partial charge in [-0.05, 0) is 36.3 Å². The Morgan fingerprint density at radius 2 is 1.87 bits per heavy atom. The molecular weight excluding hydrogens is 252 g/mol. The first-order valence-corrected chi connectivity index (χ1v) is 6.44. The molecule has 0 atom stereocenters. The Morgan fingerprint density at radius 1 is 1.20 bits per heavy atom. The molecule has 0 amide bonds. The summed E-state index contributed by atoms with van der Waals surface area (Å²) in [5.74, 6) is 0. The number of hydrogen-bond donors (Lipinski definition) is 1. The third-order valence-corrected chi connectivity index (χ3v) is 4.29. The summed E-state index contributed by atoms with van der Waals surface area (Å²) in [6.45, 7) is 0.293. The van der Waals surface area contributed by atoms with Crippen molar-refractivity contribution in [3.63, 3.8) is 0 Å². The van der Waals surface area contributed by atoms with Gasteiger partial charge in [0.05, 0.1) is 0 Å². The third kappa shape index (κ3) is 2.11. The summed E-state index contributed by atoms with van der Waals surface area (Å²) in [5, 5.41) is 9.23. The van der Waals surface area contributed by atoms with E-state index in [-0.39, 0.29) is 5.41 Å². The van der Waals surface area contributed by atoms with Gasteiger partial charge in [0.2, 0.25) is 0 Å². The SMILES string of the molecule is OCCC1(c2ccccc2Br)CCCC1. The van der Waals surface area contributed by atoms with E-state index in [0.717, 1.165) is 6.42 Å². The van der Waals surface area contributed by atoms with E-state index in [4.69, 9.17) is 0 Å². The van der Waals surface area contributed by atoms with E-state index >= 15 is 0 Å². The van der Waals surface area contributed by atoms with E-state index in [2.05, 4.69) is 40.2 Å². The van der Waals surface area contributed by atoms with Crippen LogP contribution in [0.4, 0.5) is 0 Å². The first kappa shape index (κ1) is 11.2. The second-order valence-corrected chi connectivity index (χ2v) is 5.30. The zero-order valence-corrected chi connectivity index (χ0v) is 10.5. The fourth-order valence-electron chi connectivity index (χ4n) is 2.81. The van der Waals surface area contributed by atoms with Crippen molar-refractivity contribution >= 4 is 15.9 Å². The zero-order chi connectivity index (χ0) is 10.7. The van der Waals surface area contributed by atoms with Gasteiger partial charge in [0, 0.05) is 11.1 Å². The Bertz CT molecular complexity index is 329. The number of benzene rings is 1.